The molecular weight excluding hydrogens is 286 g/mol. The third kappa shape index (κ3) is 6.22. The minimum absolute atomic E-state index is 0.533. The second kappa shape index (κ2) is 8.46. The Hall–Kier alpha value is -0.170. The summed E-state index contributed by atoms with van der Waals surface area (Å²) in [7, 11) is -3.05. The molecule has 0 aromatic rings. The van der Waals surface area contributed by atoms with E-state index in [0.29, 0.717) is 18.6 Å². The summed E-state index contributed by atoms with van der Waals surface area (Å²) in [5, 5.41) is 7.39. The van der Waals surface area contributed by atoms with Gasteiger partial charge in [-0.2, -0.15) is 0 Å². The van der Waals surface area contributed by atoms with Gasteiger partial charge in [0.1, 0.15) is 0 Å². The van der Waals surface area contributed by atoms with Crippen molar-refractivity contribution in [2.75, 3.05) is 25.9 Å². The Morgan fingerprint density at radius 3 is 2.52 bits per heavy atom. The van der Waals surface area contributed by atoms with Crippen LogP contribution < -0.4 is 15.4 Å². The van der Waals surface area contributed by atoms with Crippen LogP contribution in [-0.4, -0.2) is 46.4 Å². The quantitative estimate of drug-likeness (QED) is 0.618. The van der Waals surface area contributed by atoms with E-state index in [2.05, 4.69) is 15.4 Å². The average molecular weight is 317 g/mol. The fourth-order valence-corrected chi connectivity index (χ4v) is 4.29. The topological polar surface area (TPSA) is 70.2 Å². The first kappa shape index (κ1) is 17.2. The zero-order valence-electron chi connectivity index (χ0n) is 13.2. The molecule has 124 valence electrons. The Morgan fingerprint density at radius 2 is 1.81 bits per heavy atom. The van der Waals surface area contributed by atoms with E-state index < -0.39 is 10.0 Å². The molecule has 0 aromatic heterocycles. The Bertz CT molecular complexity index is 394. The first-order valence-electron chi connectivity index (χ1n) is 8.48. The van der Waals surface area contributed by atoms with Crippen molar-refractivity contribution in [1.82, 2.24) is 15.4 Å². The summed E-state index contributed by atoms with van der Waals surface area (Å²) in [4.78, 5) is 0. The van der Waals surface area contributed by atoms with Crippen LogP contribution in [-0.2, 0) is 10.0 Å². The van der Waals surface area contributed by atoms with Gasteiger partial charge < -0.3 is 10.6 Å². The van der Waals surface area contributed by atoms with Gasteiger partial charge in [-0.25, -0.2) is 13.1 Å². The molecule has 0 amide bonds. The lowest BCUT2D eigenvalue weighted by Gasteiger charge is -2.40. The fourth-order valence-electron chi connectivity index (χ4n) is 3.77. The molecular formula is C15H31N3O2S. The van der Waals surface area contributed by atoms with E-state index in [1.807, 2.05) is 0 Å². The van der Waals surface area contributed by atoms with Crippen LogP contribution in [0, 0.1) is 5.92 Å². The molecule has 0 bridgehead atoms. The van der Waals surface area contributed by atoms with Crippen molar-refractivity contribution >= 4 is 10.0 Å². The molecule has 6 heteroatoms. The van der Waals surface area contributed by atoms with E-state index in [4.69, 9.17) is 0 Å². The average Bonchev–Trinajstić information content (AvgIpc) is 2.47. The van der Waals surface area contributed by atoms with Crippen molar-refractivity contribution in [2.24, 2.45) is 5.92 Å². The number of hydrogen-bond donors (Lipinski definition) is 3. The Morgan fingerprint density at radius 1 is 1.05 bits per heavy atom. The summed E-state index contributed by atoms with van der Waals surface area (Å²) in [6.07, 6.45) is 11.3. The van der Waals surface area contributed by atoms with Crippen LogP contribution >= 0.6 is 0 Å². The van der Waals surface area contributed by atoms with Crippen LogP contribution in [0.1, 0.15) is 51.4 Å². The predicted molar refractivity (Wildman–Crippen MR) is 86.9 cm³/mol. The Balaban J connectivity index is 1.71. The van der Waals surface area contributed by atoms with Crippen LogP contribution in [0.4, 0.5) is 0 Å². The van der Waals surface area contributed by atoms with Crippen molar-refractivity contribution in [3.05, 3.63) is 0 Å². The third-order valence-electron chi connectivity index (χ3n) is 4.81. The van der Waals surface area contributed by atoms with Crippen molar-refractivity contribution in [2.45, 2.75) is 63.5 Å². The molecule has 21 heavy (non-hydrogen) atoms. The monoisotopic (exact) mass is 317 g/mol. The highest BCUT2D eigenvalue weighted by Gasteiger charge is 2.31. The summed E-state index contributed by atoms with van der Waals surface area (Å²) in [6, 6.07) is 1.29. The molecule has 0 radical (unpaired) electrons. The molecule has 1 saturated carbocycles. The zero-order valence-corrected chi connectivity index (χ0v) is 14.1. The lowest BCUT2D eigenvalue weighted by molar-refractivity contribution is 0.182. The molecule has 3 atom stereocenters. The van der Waals surface area contributed by atoms with E-state index in [-0.39, 0.29) is 0 Å². The summed E-state index contributed by atoms with van der Waals surface area (Å²) in [5.74, 6) is 0.752. The maximum absolute atomic E-state index is 11.0. The van der Waals surface area contributed by atoms with Gasteiger partial charge in [-0.3, -0.25) is 0 Å². The number of piperidine rings is 1. The van der Waals surface area contributed by atoms with Crippen LogP contribution in [0.5, 0.6) is 0 Å². The smallest absolute Gasteiger partial charge is 0.208 e. The van der Waals surface area contributed by atoms with Crippen LogP contribution in [0.3, 0.4) is 0 Å². The van der Waals surface area contributed by atoms with Gasteiger partial charge in [0.2, 0.25) is 10.0 Å². The molecule has 1 saturated heterocycles. The zero-order chi connectivity index (χ0) is 15.1. The van der Waals surface area contributed by atoms with E-state index in [1.54, 1.807) is 0 Å². The van der Waals surface area contributed by atoms with Crippen LogP contribution in [0.15, 0.2) is 0 Å². The molecule has 2 rings (SSSR count). The van der Waals surface area contributed by atoms with Crippen molar-refractivity contribution < 1.29 is 8.42 Å². The molecule has 5 nitrogen and oxygen atoms in total. The van der Waals surface area contributed by atoms with Crippen molar-refractivity contribution in [3.8, 4) is 0 Å². The van der Waals surface area contributed by atoms with E-state index in [0.717, 1.165) is 18.9 Å². The van der Waals surface area contributed by atoms with Crippen molar-refractivity contribution in [1.29, 1.82) is 0 Å². The molecule has 0 aromatic carbocycles. The standard InChI is InChI=1S/C15H31N3O2S/c1-21(19,20)18-12-6-11-17-14-8-3-2-7-13(14)15-9-4-5-10-16-15/h13-18H,2-12H2,1H3. The van der Waals surface area contributed by atoms with Gasteiger partial charge in [0.25, 0.3) is 0 Å². The first-order valence-corrected chi connectivity index (χ1v) is 10.4. The molecule has 3 N–H and O–H groups in total. The predicted octanol–water partition coefficient (Wildman–Crippen LogP) is 1.22. The van der Waals surface area contributed by atoms with Crippen LogP contribution in [0.2, 0.25) is 0 Å². The lowest BCUT2D eigenvalue weighted by Crippen LogP contribution is -2.50. The second-order valence-corrected chi connectivity index (χ2v) is 8.42. The number of rotatable bonds is 7. The van der Waals surface area contributed by atoms with E-state index in [1.165, 1.54) is 57.7 Å². The molecule has 1 heterocycles. The minimum atomic E-state index is -3.05. The number of hydrogen-bond acceptors (Lipinski definition) is 4. The molecule has 2 aliphatic rings. The molecule has 1 aliphatic heterocycles. The summed E-state index contributed by atoms with van der Waals surface area (Å²) >= 11 is 0. The number of sulfonamides is 1. The van der Waals surface area contributed by atoms with Gasteiger partial charge in [-0.15, -0.1) is 0 Å². The first-order chi connectivity index (χ1) is 10.1. The highest BCUT2D eigenvalue weighted by molar-refractivity contribution is 7.88. The largest absolute Gasteiger partial charge is 0.314 e. The third-order valence-corrected chi connectivity index (χ3v) is 5.54. The summed E-state index contributed by atoms with van der Waals surface area (Å²) in [6.45, 7) is 2.60. The molecule has 0 spiro atoms. The highest BCUT2D eigenvalue weighted by atomic mass is 32.2. The molecule has 2 fully saturated rings. The van der Waals surface area contributed by atoms with Gasteiger partial charge in [-0.1, -0.05) is 19.3 Å². The van der Waals surface area contributed by atoms with Crippen LogP contribution in [0.25, 0.3) is 0 Å². The van der Waals surface area contributed by atoms with Crippen molar-refractivity contribution in [3.63, 3.8) is 0 Å². The normalized spacial score (nSPS) is 31.2. The van der Waals surface area contributed by atoms with Gasteiger partial charge in [-0.05, 0) is 51.1 Å². The Kier molecular flexibility index (Phi) is 6.92. The van der Waals surface area contributed by atoms with Gasteiger partial charge >= 0.3 is 0 Å². The number of nitrogens with one attached hydrogen (secondary N) is 3. The maximum Gasteiger partial charge on any atom is 0.208 e. The van der Waals surface area contributed by atoms with E-state index in [9.17, 15) is 8.42 Å². The SMILES string of the molecule is CS(=O)(=O)NCCCNC1CCCCC1C1CCCCN1. The highest BCUT2D eigenvalue weighted by Crippen LogP contribution is 2.30. The van der Waals surface area contributed by atoms with Gasteiger partial charge in [0.05, 0.1) is 6.26 Å². The molecule has 1 aliphatic carbocycles. The van der Waals surface area contributed by atoms with Gasteiger partial charge in [0, 0.05) is 18.6 Å². The summed E-state index contributed by atoms with van der Waals surface area (Å²) < 4.78 is 24.6. The summed E-state index contributed by atoms with van der Waals surface area (Å²) in [5.41, 5.74) is 0. The van der Waals surface area contributed by atoms with Gasteiger partial charge in [0.15, 0.2) is 0 Å². The fraction of sp³-hybridized carbons (Fsp3) is 1.00. The maximum atomic E-state index is 11.0. The lowest BCUT2D eigenvalue weighted by atomic mass is 9.77. The molecule has 3 unspecified atom stereocenters. The van der Waals surface area contributed by atoms with E-state index >= 15 is 0 Å². The Labute approximate surface area is 129 Å². The second-order valence-electron chi connectivity index (χ2n) is 6.59. The minimum Gasteiger partial charge on any atom is -0.314 e.